The van der Waals surface area contributed by atoms with Gasteiger partial charge in [0.25, 0.3) is 0 Å². The van der Waals surface area contributed by atoms with E-state index >= 15 is 0 Å². The van der Waals surface area contributed by atoms with E-state index < -0.39 is 11.7 Å². The van der Waals surface area contributed by atoms with E-state index in [1.807, 2.05) is 76.2 Å². The van der Waals surface area contributed by atoms with Crippen LogP contribution in [-0.2, 0) is 29.0 Å². The maximum Gasteiger partial charge on any atom is 0.412 e. The average Bonchev–Trinajstić information content (AvgIpc) is 3.24. The minimum atomic E-state index is -0.626. The van der Waals surface area contributed by atoms with Crippen LogP contribution in [0.3, 0.4) is 0 Å². The smallest absolute Gasteiger partial charge is 0.412 e. The molecule has 1 N–H and O–H groups in total. The van der Waals surface area contributed by atoms with Gasteiger partial charge in [0.1, 0.15) is 23.6 Å². The summed E-state index contributed by atoms with van der Waals surface area (Å²) < 4.78 is 5.41. The molecule has 204 valence electrons. The van der Waals surface area contributed by atoms with Gasteiger partial charge in [-0.15, -0.1) is 0 Å². The number of aromatic nitrogens is 2. The van der Waals surface area contributed by atoms with Gasteiger partial charge in [0.15, 0.2) is 0 Å². The summed E-state index contributed by atoms with van der Waals surface area (Å²) in [6, 6.07) is 25.9. The van der Waals surface area contributed by atoms with Gasteiger partial charge in [-0.2, -0.15) is 0 Å². The largest absolute Gasteiger partial charge is 0.444 e. The van der Waals surface area contributed by atoms with Crippen LogP contribution >= 0.6 is 0 Å². The van der Waals surface area contributed by atoms with Crippen molar-refractivity contribution in [3.63, 3.8) is 0 Å². The predicted molar refractivity (Wildman–Crippen MR) is 157 cm³/mol. The third-order valence-electron chi connectivity index (χ3n) is 6.39. The molecule has 40 heavy (non-hydrogen) atoms. The van der Waals surface area contributed by atoms with Gasteiger partial charge in [-0.25, -0.2) is 14.8 Å². The highest BCUT2D eigenvalue weighted by Gasteiger charge is 2.34. The Morgan fingerprint density at radius 1 is 0.950 bits per heavy atom. The lowest BCUT2D eigenvalue weighted by Crippen LogP contribution is -2.27. The molecule has 1 aliphatic rings. The lowest BCUT2D eigenvalue weighted by molar-refractivity contribution is -0.116. The number of hydrogen-bond acceptors (Lipinski definition) is 6. The average molecular weight is 536 g/mol. The van der Waals surface area contributed by atoms with Crippen molar-refractivity contribution in [2.75, 3.05) is 15.1 Å². The van der Waals surface area contributed by atoms with Crippen LogP contribution < -0.4 is 15.1 Å². The summed E-state index contributed by atoms with van der Waals surface area (Å²) in [6.45, 7) is 8.60. The second-order valence-corrected chi connectivity index (χ2v) is 10.9. The maximum atomic E-state index is 13.5. The molecule has 1 aromatic heterocycles. The van der Waals surface area contributed by atoms with E-state index in [9.17, 15) is 9.59 Å². The van der Waals surface area contributed by atoms with E-state index in [4.69, 9.17) is 4.74 Å². The summed E-state index contributed by atoms with van der Waals surface area (Å²) in [4.78, 5) is 38.9. The fourth-order valence-electron chi connectivity index (χ4n) is 4.83. The number of hydrogen-bond donors (Lipinski definition) is 1. The van der Waals surface area contributed by atoms with Crippen molar-refractivity contribution in [3.05, 3.63) is 107 Å². The molecule has 4 aromatic rings. The normalized spacial score (nSPS) is 12.7. The Labute approximate surface area is 234 Å². The molecule has 1 aliphatic heterocycles. The van der Waals surface area contributed by atoms with Gasteiger partial charge < -0.3 is 9.64 Å². The third-order valence-corrected chi connectivity index (χ3v) is 6.39. The molecule has 0 saturated carbocycles. The van der Waals surface area contributed by atoms with Crippen LogP contribution in [0.5, 0.6) is 0 Å². The number of nitrogens with one attached hydrogen (secondary N) is 1. The Morgan fingerprint density at radius 2 is 1.57 bits per heavy atom. The molecule has 8 nitrogen and oxygen atoms in total. The number of benzene rings is 3. The van der Waals surface area contributed by atoms with Crippen LogP contribution in [0.1, 0.15) is 43.0 Å². The van der Waals surface area contributed by atoms with Gasteiger partial charge in [-0.1, -0.05) is 60.7 Å². The van der Waals surface area contributed by atoms with Crippen LogP contribution in [-0.4, -0.2) is 27.6 Å². The van der Waals surface area contributed by atoms with E-state index in [1.165, 1.54) is 6.33 Å². The third kappa shape index (κ3) is 6.29. The Kier molecular flexibility index (Phi) is 7.51. The zero-order valence-corrected chi connectivity index (χ0v) is 23.2. The van der Waals surface area contributed by atoms with Gasteiger partial charge in [0.05, 0.1) is 12.1 Å². The van der Waals surface area contributed by atoms with Crippen LogP contribution in [0.2, 0.25) is 0 Å². The molecular formula is C32H33N5O3. The van der Waals surface area contributed by atoms with Gasteiger partial charge in [-0.3, -0.25) is 15.0 Å². The van der Waals surface area contributed by atoms with E-state index in [1.54, 1.807) is 11.0 Å². The molecular weight excluding hydrogens is 502 g/mol. The summed E-state index contributed by atoms with van der Waals surface area (Å²) >= 11 is 0. The van der Waals surface area contributed by atoms with Gasteiger partial charge >= 0.3 is 6.09 Å². The van der Waals surface area contributed by atoms with Crippen LogP contribution in [0.15, 0.2) is 85.2 Å². The first kappa shape index (κ1) is 26.9. The lowest BCUT2D eigenvalue weighted by Gasteiger charge is -2.26. The SMILES string of the molecule is Cc1cc(NC(=O)OC(C)(C)C)cc(N2C(=O)Cc3c(N(Cc4ccccc4)Cc4ccccc4)ncnc32)c1. The molecule has 0 fully saturated rings. The first-order valence-electron chi connectivity index (χ1n) is 13.3. The number of amides is 2. The summed E-state index contributed by atoms with van der Waals surface area (Å²) in [7, 11) is 0. The van der Waals surface area contributed by atoms with Gasteiger partial charge in [0, 0.05) is 24.3 Å². The fourth-order valence-corrected chi connectivity index (χ4v) is 4.83. The highest BCUT2D eigenvalue weighted by Crippen LogP contribution is 2.39. The number of carbonyl (C=O) groups excluding carboxylic acids is 2. The second kappa shape index (κ2) is 11.2. The number of nitrogens with zero attached hydrogens (tertiary/aromatic N) is 4. The van der Waals surface area contributed by atoms with E-state index in [0.717, 1.165) is 28.1 Å². The van der Waals surface area contributed by atoms with E-state index in [-0.39, 0.29) is 12.3 Å². The number of carbonyl (C=O) groups is 2. The molecule has 2 heterocycles. The van der Waals surface area contributed by atoms with Crippen LogP contribution in [0.4, 0.5) is 27.8 Å². The Balaban J connectivity index is 1.49. The van der Waals surface area contributed by atoms with Crippen molar-refractivity contribution in [2.24, 2.45) is 0 Å². The monoisotopic (exact) mass is 535 g/mol. The van der Waals surface area contributed by atoms with Crippen LogP contribution in [0, 0.1) is 6.92 Å². The maximum absolute atomic E-state index is 13.5. The molecule has 3 aromatic carbocycles. The quantitative estimate of drug-likeness (QED) is 0.288. The highest BCUT2D eigenvalue weighted by molar-refractivity contribution is 6.08. The van der Waals surface area contributed by atoms with Crippen LogP contribution in [0.25, 0.3) is 0 Å². The molecule has 0 saturated heterocycles. The van der Waals surface area contributed by atoms with Crippen molar-refractivity contribution in [1.29, 1.82) is 0 Å². The topological polar surface area (TPSA) is 87.7 Å². The number of rotatable bonds is 7. The summed E-state index contributed by atoms with van der Waals surface area (Å²) in [5.41, 5.74) is 4.48. The van der Waals surface area contributed by atoms with E-state index in [0.29, 0.717) is 30.3 Å². The molecule has 0 spiro atoms. The van der Waals surface area contributed by atoms with Gasteiger partial charge in [0.2, 0.25) is 5.91 Å². The zero-order valence-electron chi connectivity index (χ0n) is 23.2. The van der Waals surface area contributed by atoms with Gasteiger partial charge in [-0.05, 0) is 62.6 Å². The van der Waals surface area contributed by atoms with Crippen molar-refractivity contribution in [2.45, 2.75) is 52.8 Å². The number of aryl methyl sites for hydroxylation is 1. The summed E-state index contributed by atoms with van der Waals surface area (Å²) in [6.07, 6.45) is 1.13. The Bertz CT molecular complexity index is 1480. The number of anilines is 4. The summed E-state index contributed by atoms with van der Waals surface area (Å²) in [5.74, 6) is 1.17. The second-order valence-electron chi connectivity index (χ2n) is 10.9. The van der Waals surface area contributed by atoms with Crippen molar-refractivity contribution in [3.8, 4) is 0 Å². The molecule has 5 rings (SSSR count). The molecule has 2 amide bonds. The Hall–Kier alpha value is -4.72. The minimum absolute atomic E-state index is 0.107. The standard InChI is InChI=1S/C32H33N5O3/c1-22-15-25(35-31(39)40-32(2,3)4)17-26(16-22)37-28(38)18-27-29(33-21-34-30(27)37)36(19-23-11-7-5-8-12-23)20-24-13-9-6-10-14-24/h5-17,21H,18-20H2,1-4H3,(H,35,39). The molecule has 8 heteroatoms. The molecule has 0 aliphatic carbocycles. The number of ether oxygens (including phenoxy) is 1. The molecule has 0 radical (unpaired) electrons. The van der Waals surface area contributed by atoms with Crippen molar-refractivity contribution >= 4 is 35.0 Å². The molecule has 0 bridgehead atoms. The fraction of sp³-hybridized carbons (Fsp3) is 0.250. The lowest BCUT2D eigenvalue weighted by atomic mass is 10.1. The zero-order chi connectivity index (χ0) is 28.3. The first-order valence-corrected chi connectivity index (χ1v) is 13.3. The molecule has 0 unspecified atom stereocenters. The highest BCUT2D eigenvalue weighted by atomic mass is 16.6. The molecule has 0 atom stereocenters. The summed E-state index contributed by atoms with van der Waals surface area (Å²) in [5, 5.41) is 2.79. The Morgan fingerprint density at radius 3 is 2.17 bits per heavy atom. The van der Waals surface area contributed by atoms with Crippen molar-refractivity contribution in [1.82, 2.24) is 9.97 Å². The predicted octanol–water partition coefficient (Wildman–Crippen LogP) is 6.56. The van der Waals surface area contributed by atoms with Crippen molar-refractivity contribution < 1.29 is 14.3 Å². The number of fused-ring (bicyclic) bond motifs is 1. The minimum Gasteiger partial charge on any atom is -0.444 e. The van der Waals surface area contributed by atoms with E-state index in [2.05, 4.69) is 44.5 Å². The first-order chi connectivity index (χ1) is 19.2.